The highest BCUT2D eigenvalue weighted by molar-refractivity contribution is 7.98. The Kier molecular flexibility index (Phi) is 8.15. The third-order valence-corrected chi connectivity index (χ3v) is 6.16. The smallest absolute Gasteiger partial charge is 0.254 e. The third-order valence-electron chi connectivity index (χ3n) is 4.82. The van der Waals surface area contributed by atoms with Crippen LogP contribution in [0.2, 0.25) is 5.02 Å². The van der Waals surface area contributed by atoms with E-state index in [1.165, 1.54) is 4.90 Å². The van der Waals surface area contributed by atoms with Crippen LogP contribution >= 0.6 is 23.4 Å². The molecule has 0 heterocycles. The van der Waals surface area contributed by atoms with E-state index in [2.05, 4.69) is 5.32 Å². The van der Waals surface area contributed by atoms with E-state index >= 15 is 0 Å². The maximum Gasteiger partial charge on any atom is 0.254 e. The molecule has 0 aliphatic rings. The predicted molar refractivity (Wildman–Crippen MR) is 129 cm³/mol. The molecule has 0 unspecified atom stereocenters. The lowest BCUT2D eigenvalue weighted by molar-refractivity contribution is -0.116. The Morgan fingerprint density at radius 3 is 2.32 bits per heavy atom. The monoisotopic (exact) mass is 452 g/mol. The quantitative estimate of drug-likeness (QED) is 0.432. The first-order valence-electron chi connectivity index (χ1n) is 10.1. The van der Waals surface area contributed by atoms with Crippen molar-refractivity contribution < 1.29 is 9.59 Å². The van der Waals surface area contributed by atoms with Crippen LogP contribution in [0.25, 0.3) is 0 Å². The zero-order chi connectivity index (χ0) is 22.2. The number of para-hydroxylation sites is 1. The van der Waals surface area contributed by atoms with Crippen molar-refractivity contribution in [2.45, 2.75) is 24.0 Å². The highest BCUT2D eigenvalue weighted by Gasteiger charge is 2.15. The molecule has 0 aliphatic carbocycles. The average Bonchev–Trinajstić information content (AvgIpc) is 2.79. The second-order valence-corrected chi connectivity index (χ2v) is 8.64. The van der Waals surface area contributed by atoms with Crippen LogP contribution in [0.3, 0.4) is 0 Å². The molecule has 0 saturated heterocycles. The summed E-state index contributed by atoms with van der Waals surface area (Å²) in [5.41, 5.74) is 3.54. The SMILES string of the molecule is CCc1ccccc1NC(=O)CN(C)C(=O)c1ccc(CSc2ccc(Cl)cc2)cc1. The van der Waals surface area contributed by atoms with Crippen molar-refractivity contribution in [2.75, 3.05) is 18.9 Å². The van der Waals surface area contributed by atoms with Crippen LogP contribution in [0.4, 0.5) is 5.69 Å². The number of hydrogen-bond acceptors (Lipinski definition) is 3. The van der Waals surface area contributed by atoms with Crippen molar-refractivity contribution in [1.29, 1.82) is 0 Å². The van der Waals surface area contributed by atoms with E-state index in [1.807, 2.05) is 67.6 Å². The van der Waals surface area contributed by atoms with Crippen molar-refractivity contribution in [2.24, 2.45) is 0 Å². The number of amides is 2. The van der Waals surface area contributed by atoms with E-state index in [0.29, 0.717) is 5.56 Å². The molecule has 31 heavy (non-hydrogen) atoms. The molecule has 4 nitrogen and oxygen atoms in total. The summed E-state index contributed by atoms with van der Waals surface area (Å²) in [6.07, 6.45) is 0.827. The lowest BCUT2D eigenvalue weighted by Gasteiger charge is -2.18. The van der Waals surface area contributed by atoms with E-state index < -0.39 is 0 Å². The van der Waals surface area contributed by atoms with Crippen LogP contribution in [0, 0.1) is 0 Å². The maximum absolute atomic E-state index is 12.7. The minimum Gasteiger partial charge on any atom is -0.332 e. The van der Waals surface area contributed by atoms with Crippen molar-refractivity contribution in [3.05, 3.63) is 94.5 Å². The van der Waals surface area contributed by atoms with Gasteiger partial charge in [-0.1, -0.05) is 48.9 Å². The number of nitrogens with one attached hydrogen (secondary N) is 1. The Bertz CT molecular complexity index is 1040. The van der Waals surface area contributed by atoms with Gasteiger partial charge in [0.05, 0.1) is 6.54 Å². The number of benzene rings is 3. The standard InChI is InChI=1S/C25H25ClN2O2S/c1-3-19-6-4-5-7-23(19)27-24(29)16-28(2)25(30)20-10-8-18(9-11-20)17-31-22-14-12-21(26)13-15-22/h4-15H,3,16-17H2,1-2H3,(H,27,29). The third kappa shape index (κ3) is 6.61. The van der Waals surface area contributed by atoms with E-state index in [1.54, 1.807) is 30.9 Å². The molecule has 3 aromatic carbocycles. The summed E-state index contributed by atoms with van der Waals surface area (Å²) in [6, 6.07) is 22.9. The van der Waals surface area contributed by atoms with Gasteiger partial charge in [0.2, 0.25) is 5.91 Å². The van der Waals surface area contributed by atoms with E-state index in [9.17, 15) is 9.59 Å². The first-order chi connectivity index (χ1) is 15.0. The number of thioether (sulfide) groups is 1. The van der Waals surface area contributed by atoms with Crippen LogP contribution in [0.5, 0.6) is 0 Å². The van der Waals surface area contributed by atoms with E-state index in [4.69, 9.17) is 11.6 Å². The molecule has 0 spiro atoms. The number of anilines is 1. The van der Waals surface area contributed by atoms with Gasteiger partial charge in [0.15, 0.2) is 0 Å². The molecule has 0 fully saturated rings. The number of halogens is 1. The molecule has 0 saturated carbocycles. The number of aryl methyl sites for hydroxylation is 1. The fourth-order valence-electron chi connectivity index (χ4n) is 3.09. The summed E-state index contributed by atoms with van der Waals surface area (Å²) in [5.74, 6) is 0.397. The van der Waals surface area contributed by atoms with Crippen LogP contribution in [0.1, 0.15) is 28.4 Å². The van der Waals surface area contributed by atoms with Gasteiger partial charge in [-0.05, 0) is 60.0 Å². The fourth-order valence-corrected chi connectivity index (χ4v) is 4.07. The van der Waals surface area contributed by atoms with Crippen molar-refractivity contribution in [3.63, 3.8) is 0 Å². The molecule has 2 amide bonds. The van der Waals surface area contributed by atoms with Gasteiger partial charge in [0, 0.05) is 34.0 Å². The summed E-state index contributed by atoms with van der Waals surface area (Å²) in [5, 5.41) is 3.62. The molecule has 0 aliphatic heterocycles. The van der Waals surface area contributed by atoms with Gasteiger partial charge >= 0.3 is 0 Å². The van der Waals surface area contributed by atoms with Gasteiger partial charge in [0.1, 0.15) is 0 Å². The second kappa shape index (κ2) is 11.0. The molecule has 0 radical (unpaired) electrons. The van der Waals surface area contributed by atoms with Crippen LogP contribution in [-0.4, -0.2) is 30.3 Å². The van der Waals surface area contributed by atoms with E-state index in [-0.39, 0.29) is 18.4 Å². The fraction of sp³-hybridized carbons (Fsp3) is 0.200. The average molecular weight is 453 g/mol. The van der Waals surface area contributed by atoms with Crippen molar-refractivity contribution in [1.82, 2.24) is 4.90 Å². The molecule has 3 aromatic rings. The lowest BCUT2D eigenvalue weighted by Crippen LogP contribution is -2.35. The maximum atomic E-state index is 12.7. The number of rotatable bonds is 8. The van der Waals surface area contributed by atoms with Gasteiger partial charge in [-0.2, -0.15) is 0 Å². The molecule has 0 aromatic heterocycles. The number of nitrogens with zero attached hydrogens (tertiary/aromatic N) is 1. The summed E-state index contributed by atoms with van der Waals surface area (Å²) in [6.45, 7) is 2.03. The molecule has 0 bridgehead atoms. The van der Waals surface area contributed by atoms with Crippen molar-refractivity contribution in [3.8, 4) is 0 Å². The summed E-state index contributed by atoms with van der Waals surface area (Å²) < 4.78 is 0. The molecule has 3 rings (SSSR count). The Labute approximate surface area is 192 Å². The predicted octanol–water partition coefficient (Wildman–Crippen LogP) is 5.91. The highest BCUT2D eigenvalue weighted by atomic mass is 35.5. The molecule has 160 valence electrons. The van der Waals surface area contributed by atoms with Crippen LogP contribution < -0.4 is 5.32 Å². The minimum absolute atomic E-state index is 0.00888. The zero-order valence-electron chi connectivity index (χ0n) is 17.6. The number of carbonyl (C=O) groups excluding carboxylic acids is 2. The largest absolute Gasteiger partial charge is 0.332 e. The molecular weight excluding hydrogens is 428 g/mol. The Balaban J connectivity index is 1.54. The van der Waals surface area contributed by atoms with Gasteiger partial charge in [-0.15, -0.1) is 11.8 Å². The molecular formula is C25H25ClN2O2S. The summed E-state index contributed by atoms with van der Waals surface area (Å²) in [4.78, 5) is 27.7. The van der Waals surface area contributed by atoms with Gasteiger partial charge < -0.3 is 10.2 Å². The second-order valence-electron chi connectivity index (χ2n) is 7.16. The van der Waals surface area contributed by atoms with Gasteiger partial charge in [0.25, 0.3) is 5.91 Å². The minimum atomic E-state index is -0.215. The first kappa shape index (κ1) is 22.9. The highest BCUT2D eigenvalue weighted by Crippen LogP contribution is 2.24. The summed E-state index contributed by atoms with van der Waals surface area (Å²) in [7, 11) is 1.64. The van der Waals surface area contributed by atoms with Crippen LogP contribution in [-0.2, 0) is 17.0 Å². The lowest BCUT2D eigenvalue weighted by atomic mass is 10.1. The van der Waals surface area contributed by atoms with Gasteiger partial charge in [-0.3, -0.25) is 9.59 Å². The van der Waals surface area contributed by atoms with Crippen molar-refractivity contribution >= 4 is 40.9 Å². The number of carbonyl (C=O) groups is 2. The topological polar surface area (TPSA) is 49.4 Å². The van der Waals surface area contributed by atoms with E-state index in [0.717, 1.165) is 38.9 Å². The Hall–Kier alpha value is -2.76. The van der Waals surface area contributed by atoms with Gasteiger partial charge in [-0.25, -0.2) is 0 Å². The Morgan fingerprint density at radius 2 is 1.65 bits per heavy atom. The summed E-state index contributed by atoms with van der Waals surface area (Å²) >= 11 is 7.62. The normalized spacial score (nSPS) is 10.5. The van der Waals surface area contributed by atoms with Crippen LogP contribution in [0.15, 0.2) is 77.7 Å². The zero-order valence-corrected chi connectivity index (χ0v) is 19.2. The Morgan fingerprint density at radius 1 is 0.968 bits per heavy atom. The molecule has 6 heteroatoms. The number of likely N-dealkylation sites (N-methyl/N-ethyl adjacent to an activating group) is 1. The number of hydrogen-bond donors (Lipinski definition) is 1. The first-order valence-corrected chi connectivity index (χ1v) is 11.4. The molecule has 0 atom stereocenters. The molecule has 1 N–H and O–H groups in total.